The maximum Gasteiger partial charge on any atom is 0.253 e. The van der Waals surface area contributed by atoms with Gasteiger partial charge in [-0.15, -0.1) is 0 Å². The second kappa shape index (κ2) is 7.97. The van der Waals surface area contributed by atoms with Gasteiger partial charge in [-0.25, -0.2) is 0 Å². The highest BCUT2D eigenvalue weighted by atomic mass is 16.2. The number of rotatable bonds is 5. The maximum atomic E-state index is 12.5. The van der Waals surface area contributed by atoms with Crippen molar-refractivity contribution in [2.75, 3.05) is 13.1 Å². The Hall–Kier alpha value is -1.84. The predicted molar refractivity (Wildman–Crippen MR) is 87.6 cm³/mol. The van der Waals surface area contributed by atoms with Crippen LogP contribution in [0.5, 0.6) is 0 Å². The quantitative estimate of drug-likeness (QED) is 0.909. The van der Waals surface area contributed by atoms with Crippen LogP contribution in [0.4, 0.5) is 0 Å². The number of hydrogen-bond donors (Lipinski definition) is 1. The molecule has 1 aliphatic heterocycles. The molecule has 4 heteroatoms. The number of nitrogens with zero attached hydrogens (tertiary/aromatic N) is 1. The highest BCUT2D eigenvalue weighted by Gasteiger charge is 2.29. The second-order valence-corrected chi connectivity index (χ2v) is 6.15. The molecule has 2 unspecified atom stereocenters. The molecule has 1 aromatic rings. The van der Waals surface area contributed by atoms with Crippen LogP contribution in [-0.2, 0) is 4.79 Å². The first kappa shape index (κ1) is 16.5. The fraction of sp³-hybridized carbons (Fsp3) is 0.556. The summed E-state index contributed by atoms with van der Waals surface area (Å²) in [4.78, 5) is 26.6. The molecule has 0 spiro atoms. The molecule has 2 amide bonds. The normalized spacial score (nSPS) is 19.5. The molecule has 0 aliphatic carbocycles. The van der Waals surface area contributed by atoms with E-state index in [9.17, 15) is 9.59 Å². The van der Waals surface area contributed by atoms with E-state index in [4.69, 9.17) is 0 Å². The van der Waals surface area contributed by atoms with Crippen LogP contribution in [0, 0.1) is 5.92 Å². The van der Waals surface area contributed by atoms with Gasteiger partial charge in [0.15, 0.2) is 0 Å². The van der Waals surface area contributed by atoms with Gasteiger partial charge in [0.25, 0.3) is 5.91 Å². The lowest BCUT2D eigenvalue weighted by Gasteiger charge is -2.32. The van der Waals surface area contributed by atoms with Gasteiger partial charge in [-0.2, -0.15) is 0 Å². The van der Waals surface area contributed by atoms with Crippen molar-refractivity contribution in [2.45, 2.75) is 45.6 Å². The van der Waals surface area contributed by atoms with Gasteiger partial charge in [-0.05, 0) is 38.3 Å². The van der Waals surface area contributed by atoms with E-state index in [1.807, 2.05) is 42.2 Å². The number of benzene rings is 1. The van der Waals surface area contributed by atoms with E-state index in [1.165, 1.54) is 0 Å². The number of carbonyl (C=O) groups excluding carboxylic acids is 2. The molecule has 1 saturated heterocycles. The van der Waals surface area contributed by atoms with E-state index in [-0.39, 0.29) is 23.8 Å². The zero-order chi connectivity index (χ0) is 15.9. The van der Waals surface area contributed by atoms with Gasteiger partial charge in [-0.3, -0.25) is 9.59 Å². The molecule has 0 radical (unpaired) electrons. The van der Waals surface area contributed by atoms with Crippen LogP contribution in [0.1, 0.15) is 49.9 Å². The van der Waals surface area contributed by atoms with Crippen molar-refractivity contribution in [1.29, 1.82) is 0 Å². The summed E-state index contributed by atoms with van der Waals surface area (Å²) in [5.74, 6) is 0.0342. The molecule has 0 aromatic heterocycles. The summed E-state index contributed by atoms with van der Waals surface area (Å²) in [5.41, 5.74) is 0.697. The molecule has 1 N–H and O–H groups in total. The Morgan fingerprint density at radius 2 is 2.05 bits per heavy atom. The first-order valence-corrected chi connectivity index (χ1v) is 8.26. The van der Waals surface area contributed by atoms with Gasteiger partial charge in [0.2, 0.25) is 5.91 Å². The molecule has 120 valence electrons. The van der Waals surface area contributed by atoms with Crippen LogP contribution in [0.25, 0.3) is 0 Å². The first-order chi connectivity index (χ1) is 10.6. The summed E-state index contributed by atoms with van der Waals surface area (Å²) in [6.07, 6.45) is 3.80. The van der Waals surface area contributed by atoms with Crippen LogP contribution >= 0.6 is 0 Å². The Morgan fingerprint density at radius 1 is 1.32 bits per heavy atom. The number of carbonyl (C=O) groups is 2. The SMILES string of the molecule is CCCC(C)NC(=O)C1CCCN(C(=O)c2ccccc2)C1. The van der Waals surface area contributed by atoms with Gasteiger partial charge >= 0.3 is 0 Å². The van der Waals surface area contributed by atoms with Crippen molar-refractivity contribution in [3.8, 4) is 0 Å². The molecule has 1 aromatic carbocycles. The van der Waals surface area contributed by atoms with E-state index in [2.05, 4.69) is 12.2 Å². The predicted octanol–water partition coefficient (Wildman–Crippen LogP) is 2.84. The lowest BCUT2D eigenvalue weighted by Crippen LogP contribution is -2.47. The molecular formula is C18H26N2O2. The van der Waals surface area contributed by atoms with Crippen LogP contribution in [-0.4, -0.2) is 35.8 Å². The minimum Gasteiger partial charge on any atom is -0.353 e. The minimum absolute atomic E-state index is 0.0275. The Balaban J connectivity index is 1.94. The summed E-state index contributed by atoms with van der Waals surface area (Å²) >= 11 is 0. The van der Waals surface area contributed by atoms with Crippen molar-refractivity contribution in [2.24, 2.45) is 5.92 Å². The number of likely N-dealkylation sites (tertiary alicyclic amines) is 1. The number of hydrogen-bond acceptors (Lipinski definition) is 2. The number of nitrogens with one attached hydrogen (secondary N) is 1. The third-order valence-corrected chi connectivity index (χ3v) is 4.21. The summed E-state index contributed by atoms with van der Waals surface area (Å²) in [6, 6.07) is 9.50. The minimum atomic E-state index is -0.0827. The van der Waals surface area contributed by atoms with Crippen LogP contribution in [0.2, 0.25) is 0 Å². The first-order valence-electron chi connectivity index (χ1n) is 8.26. The average molecular weight is 302 g/mol. The van der Waals surface area contributed by atoms with Gasteiger partial charge in [0.05, 0.1) is 5.92 Å². The van der Waals surface area contributed by atoms with Crippen molar-refractivity contribution in [3.63, 3.8) is 0 Å². The lowest BCUT2D eigenvalue weighted by atomic mass is 9.96. The third-order valence-electron chi connectivity index (χ3n) is 4.21. The van der Waals surface area contributed by atoms with E-state index >= 15 is 0 Å². The summed E-state index contributed by atoms with van der Waals surface area (Å²) in [6.45, 7) is 5.42. The Morgan fingerprint density at radius 3 is 2.73 bits per heavy atom. The monoisotopic (exact) mass is 302 g/mol. The smallest absolute Gasteiger partial charge is 0.253 e. The molecule has 1 heterocycles. The van der Waals surface area contributed by atoms with Crippen molar-refractivity contribution in [1.82, 2.24) is 10.2 Å². The largest absolute Gasteiger partial charge is 0.353 e. The summed E-state index contributed by atoms with van der Waals surface area (Å²) in [5, 5.41) is 3.07. The molecule has 1 fully saturated rings. The lowest BCUT2D eigenvalue weighted by molar-refractivity contribution is -0.127. The molecule has 2 rings (SSSR count). The van der Waals surface area contributed by atoms with Crippen molar-refractivity contribution < 1.29 is 9.59 Å². The number of piperidine rings is 1. The molecular weight excluding hydrogens is 276 g/mol. The molecule has 4 nitrogen and oxygen atoms in total. The standard InChI is InChI=1S/C18H26N2O2/c1-3-8-14(2)19-17(21)16-11-7-12-20(13-16)18(22)15-9-5-4-6-10-15/h4-6,9-10,14,16H,3,7-8,11-13H2,1-2H3,(H,19,21). The summed E-state index contributed by atoms with van der Waals surface area (Å²) < 4.78 is 0. The summed E-state index contributed by atoms with van der Waals surface area (Å²) in [7, 11) is 0. The molecule has 1 aliphatic rings. The van der Waals surface area contributed by atoms with Crippen LogP contribution < -0.4 is 5.32 Å². The van der Waals surface area contributed by atoms with Crippen molar-refractivity contribution >= 4 is 11.8 Å². The van der Waals surface area contributed by atoms with Gasteiger partial charge < -0.3 is 10.2 Å². The molecule has 22 heavy (non-hydrogen) atoms. The van der Waals surface area contributed by atoms with Crippen LogP contribution in [0.3, 0.4) is 0 Å². The Labute approximate surface area is 132 Å². The molecule has 0 bridgehead atoms. The highest BCUT2D eigenvalue weighted by Crippen LogP contribution is 2.19. The van der Waals surface area contributed by atoms with Crippen LogP contribution in [0.15, 0.2) is 30.3 Å². The van der Waals surface area contributed by atoms with E-state index < -0.39 is 0 Å². The average Bonchev–Trinajstić information content (AvgIpc) is 2.55. The van der Waals surface area contributed by atoms with E-state index in [0.29, 0.717) is 12.1 Å². The Bertz CT molecular complexity index is 501. The van der Waals surface area contributed by atoms with Gasteiger partial charge in [0, 0.05) is 24.7 Å². The highest BCUT2D eigenvalue weighted by molar-refractivity contribution is 5.94. The molecule has 2 atom stereocenters. The molecule has 0 saturated carbocycles. The van der Waals surface area contributed by atoms with E-state index in [1.54, 1.807) is 0 Å². The second-order valence-electron chi connectivity index (χ2n) is 6.15. The van der Waals surface area contributed by atoms with Gasteiger partial charge in [0.1, 0.15) is 0 Å². The maximum absolute atomic E-state index is 12.5. The Kier molecular flexibility index (Phi) is 5.99. The zero-order valence-corrected chi connectivity index (χ0v) is 13.5. The zero-order valence-electron chi connectivity index (χ0n) is 13.5. The third kappa shape index (κ3) is 4.33. The fourth-order valence-electron chi connectivity index (χ4n) is 3.00. The topological polar surface area (TPSA) is 49.4 Å². The van der Waals surface area contributed by atoms with Crippen molar-refractivity contribution in [3.05, 3.63) is 35.9 Å². The number of amides is 2. The van der Waals surface area contributed by atoms with Gasteiger partial charge in [-0.1, -0.05) is 31.5 Å². The van der Waals surface area contributed by atoms with E-state index in [0.717, 1.165) is 32.2 Å². The fourth-order valence-corrected chi connectivity index (χ4v) is 3.00.